The molecule has 0 spiro atoms. The summed E-state index contributed by atoms with van der Waals surface area (Å²) in [6.45, 7) is 13.5. The van der Waals surface area contributed by atoms with Gasteiger partial charge in [0, 0.05) is 31.3 Å². The Balaban J connectivity index is 1.69. The summed E-state index contributed by atoms with van der Waals surface area (Å²) in [6.07, 6.45) is 5.67. The van der Waals surface area contributed by atoms with E-state index in [2.05, 4.69) is 37.9 Å². The van der Waals surface area contributed by atoms with E-state index >= 15 is 0 Å². The molecule has 0 aromatic rings. The van der Waals surface area contributed by atoms with Gasteiger partial charge in [-0.2, -0.15) is 0 Å². The van der Waals surface area contributed by atoms with E-state index in [1.165, 1.54) is 38.8 Å². The number of piperazine rings is 1. The summed E-state index contributed by atoms with van der Waals surface area (Å²) in [7, 11) is 0. The van der Waals surface area contributed by atoms with E-state index in [0.29, 0.717) is 17.7 Å². The number of hydrogen-bond donors (Lipinski definition) is 1. The van der Waals surface area contributed by atoms with Crippen molar-refractivity contribution in [1.29, 1.82) is 0 Å². The van der Waals surface area contributed by atoms with E-state index in [0.717, 1.165) is 19.1 Å². The Hall–Kier alpha value is -0.120. The first-order valence-electron chi connectivity index (χ1n) is 8.12. The van der Waals surface area contributed by atoms with Crippen molar-refractivity contribution in [2.75, 3.05) is 26.2 Å². The van der Waals surface area contributed by atoms with Crippen LogP contribution in [0.1, 0.15) is 53.4 Å². The van der Waals surface area contributed by atoms with Gasteiger partial charge in [0.2, 0.25) is 0 Å². The third-order valence-corrected chi connectivity index (χ3v) is 4.73. The summed E-state index contributed by atoms with van der Waals surface area (Å²) in [5.41, 5.74) is 0.376. The minimum atomic E-state index is 0.372. The minimum Gasteiger partial charge on any atom is -0.379 e. The predicted molar refractivity (Wildman–Crippen MR) is 80.5 cm³/mol. The lowest BCUT2D eigenvalue weighted by Crippen LogP contribution is -2.63. The van der Waals surface area contributed by atoms with Gasteiger partial charge in [0.15, 0.2) is 0 Å². The van der Waals surface area contributed by atoms with Crippen LogP contribution in [-0.2, 0) is 4.74 Å². The Morgan fingerprint density at radius 2 is 2.05 bits per heavy atom. The van der Waals surface area contributed by atoms with Crippen LogP contribution in [0.25, 0.3) is 0 Å². The van der Waals surface area contributed by atoms with Crippen LogP contribution >= 0.6 is 0 Å². The molecule has 1 saturated heterocycles. The topological polar surface area (TPSA) is 24.5 Å². The van der Waals surface area contributed by atoms with Gasteiger partial charge in [0.1, 0.15) is 0 Å². The molecule has 19 heavy (non-hydrogen) atoms. The SMILES string of the molecule is CC(C)OCCCCN1CC(C)(C2CC2)NCC1C. The molecule has 1 N–H and O–H groups in total. The first-order chi connectivity index (χ1) is 9.01. The lowest BCUT2D eigenvalue weighted by molar-refractivity contribution is 0.0619. The van der Waals surface area contributed by atoms with Crippen LogP contribution in [-0.4, -0.2) is 48.8 Å². The lowest BCUT2D eigenvalue weighted by Gasteiger charge is -2.45. The fourth-order valence-corrected chi connectivity index (χ4v) is 3.17. The molecule has 1 heterocycles. The van der Waals surface area contributed by atoms with E-state index in [1.807, 2.05) is 0 Å². The van der Waals surface area contributed by atoms with Crippen LogP contribution in [0.5, 0.6) is 0 Å². The number of nitrogens with zero attached hydrogens (tertiary/aromatic N) is 1. The first kappa shape index (κ1) is 15.3. The van der Waals surface area contributed by atoms with Crippen molar-refractivity contribution in [3.05, 3.63) is 0 Å². The van der Waals surface area contributed by atoms with Crippen LogP contribution in [0, 0.1) is 5.92 Å². The largest absolute Gasteiger partial charge is 0.379 e. The summed E-state index contributed by atoms with van der Waals surface area (Å²) in [5, 5.41) is 3.79. The van der Waals surface area contributed by atoms with Crippen LogP contribution in [0.15, 0.2) is 0 Å². The Morgan fingerprint density at radius 3 is 2.68 bits per heavy atom. The van der Waals surface area contributed by atoms with Crippen LogP contribution in [0.4, 0.5) is 0 Å². The number of unbranched alkanes of at least 4 members (excludes halogenated alkanes) is 1. The molecule has 0 aromatic carbocycles. The Kier molecular flexibility index (Phi) is 5.27. The van der Waals surface area contributed by atoms with Gasteiger partial charge >= 0.3 is 0 Å². The van der Waals surface area contributed by atoms with Crippen molar-refractivity contribution in [2.24, 2.45) is 5.92 Å². The minimum absolute atomic E-state index is 0.372. The van der Waals surface area contributed by atoms with Crippen molar-refractivity contribution < 1.29 is 4.74 Å². The number of rotatable bonds is 7. The standard InChI is InChI=1S/C16H32N2O/c1-13(2)19-10-6-5-9-18-12-16(4,15-7-8-15)17-11-14(18)3/h13-15,17H,5-12H2,1-4H3. The Labute approximate surface area is 119 Å². The van der Waals surface area contributed by atoms with Crippen molar-refractivity contribution in [3.8, 4) is 0 Å². The molecule has 3 nitrogen and oxygen atoms in total. The third kappa shape index (κ3) is 4.44. The molecule has 2 unspecified atom stereocenters. The van der Waals surface area contributed by atoms with E-state index in [9.17, 15) is 0 Å². The van der Waals surface area contributed by atoms with Gasteiger partial charge in [-0.15, -0.1) is 0 Å². The highest BCUT2D eigenvalue weighted by Crippen LogP contribution is 2.41. The van der Waals surface area contributed by atoms with Crippen LogP contribution < -0.4 is 5.32 Å². The van der Waals surface area contributed by atoms with E-state index in [1.54, 1.807) is 0 Å². The molecular formula is C16H32N2O. The van der Waals surface area contributed by atoms with E-state index < -0.39 is 0 Å². The summed E-state index contributed by atoms with van der Waals surface area (Å²) in [5.74, 6) is 0.923. The van der Waals surface area contributed by atoms with Crippen LogP contribution in [0.3, 0.4) is 0 Å². The molecule has 3 heteroatoms. The highest BCUT2D eigenvalue weighted by molar-refractivity contribution is 5.03. The zero-order valence-electron chi connectivity index (χ0n) is 13.2. The van der Waals surface area contributed by atoms with Crippen molar-refractivity contribution >= 4 is 0 Å². The molecule has 1 aliphatic heterocycles. The zero-order valence-corrected chi connectivity index (χ0v) is 13.2. The van der Waals surface area contributed by atoms with Gasteiger partial charge < -0.3 is 10.1 Å². The fourth-order valence-electron chi connectivity index (χ4n) is 3.17. The monoisotopic (exact) mass is 268 g/mol. The summed E-state index contributed by atoms with van der Waals surface area (Å²) in [6, 6.07) is 0.679. The normalized spacial score (nSPS) is 33.0. The smallest absolute Gasteiger partial charge is 0.0518 e. The van der Waals surface area contributed by atoms with Gasteiger partial charge in [-0.3, -0.25) is 4.90 Å². The maximum Gasteiger partial charge on any atom is 0.0518 e. The summed E-state index contributed by atoms with van der Waals surface area (Å²) < 4.78 is 5.62. The maximum absolute atomic E-state index is 5.62. The molecule has 2 aliphatic rings. The van der Waals surface area contributed by atoms with Gasteiger partial charge in [-0.1, -0.05) is 0 Å². The highest BCUT2D eigenvalue weighted by Gasteiger charge is 2.44. The van der Waals surface area contributed by atoms with Gasteiger partial charge in [0.25, 0.3) is 0 Å². The second-order valence-electron chi connectivity index (χ2n) is 7.02. The molecule has 0 bridgehead atoms. The first-order valence-corrected chi connectivity index (χ1v) is 8.12. The number of ether oxygens (including phenoxy) is 1. The molecule has 0 radical (unpaired) electrons. The molecule has 2 atom stereocenters. The molecular weight excluding hydrogens is 236 g/mol. The fraction of sp³-hybridized carbons (Fsp3) is 1.00. The molecule has 2 rings (SSSR count). The van der Waals surface area contributed by atoms with Gasteiger partial charge in [0.05, 0.1) is 6.10 Å². The van der Waals surface area contributed by atoms with Crippen molar-refractivity contribution in [2.45, 2.75) is 71.1 Å². The predicted octanol–water partition coefficient (Wildman–Crippen LogP) is 2.65. The second kappa shape index (κ2) is 6.55. The third-order valence-electron chi connectivity index (χ3n) is 4.73. The average Bonchev–Trinajstić information content (AvgIpc) is 3.17. The molecule has 1 saturated carbocycles. The average molecular weight is 268 g/mol. The van der Waals surface area contributed by atoms with Gasteiger partial charge in [-0.05, 0) is 65.8 Å². The van der Waals surface area contributed by atoms with Crippen molar-refractivity contribution in [3.63, 3.8) is 0 Å². The number of nitrogens with one attached hydrogen (secondary N) is 1. The van der Waals surface area contributed by atoms with Crippen LogP contribution in [0.2, 0.25) is 0 Å². The quantitative estimate of drug-likeness (QED) is 0.718. The lowest BCUT2D eigenvalue weighted by atomic mass is 9.91. The molecule has 2 fully saturated rings. The molecule has 1 aliphatic carbocycles. The zero-order chi connectivity index (χ0) is 13.9. The van der Waals surface area contributed by atoms with Gasteiger partial charge in [-0.25, -0.2) is 0 Å². The highest BCUT2D eigenvalue weighted by atomic mass is 16.5. The number of hydrogen-bond acceptors (Lipinski definition) is 3. The van der Waals surface area contributed by atoms with Crippen molar-refractivity contribution in [1.82, 2.24) is 10.2 Å². The summed E-state index contributed by atoms with van der Waals surface area (Å²) >= 11 is 0. The second-order valence-corrected chi connectivity index (χ2v) is 7.02. The maximum atomic E-state index is 5.62. The molecule has 0 aromatic heterocycles. The Morgan fingerprint density at radius 1 is 1.32 bits per heavy atom. The molecule has 112 valence electrons. The van der Waals surface area contributed by atoms with E-state index in [4.69, 9.17) is 4.74 Å². The molecule has 0 amide bonds. The van der Waals surface area contributed by atoms with E-state index in [-0.39, 0.29) is 0 Å². The Bertz CT molecular complexity index is 278. The summed E-state index contributed by atoms with van der Waals surface area (Å²) in [4.78, 5) is 2.68.